The molecule has 1 rings (SSSR count). The minimum Gasteiger partial charge on any atom is -0.478 e. The Bertz CT molecular complexity index is 538. The molecule has 1 heterocycles. The Labute approximate surface area is 145 Å². The number of aromatic amines is 1. The van der Waals surface area contributed by atoms with Crippen molar-refractivity contribution in [1.29, 1.82) is 0 Å². The van der Waals surface area contributed by atoms with Crippen LogP contribution in [0.3, 0.4) is 0 Å². The SMILES string of the molecule is C=CCCCNC(=O)OCCCc1cnc[nH]1.O=C(O)/C=C\C(=O)O. The van der Waals surface area contributed by atoms with Crippen LogP contribution in [0.2, 0.25) is 0 Å². The summed E-state index contributed by atoms with van der Waals surface area (Å²) >= 11 is 0. The molecule has 0 saturated heterocycles. The number of hydrogen-bond donors (Lipinski definition) is 4. The molecule has 0 aliphatic carbocycles. The van der Waals surface area contributed by atoms with E-state index in [1.807, 2.05) is 6.08 Å². The van der Waals surface area contributed by atoms with Crippen LogP contribution in [0.15, 0.2) is 37.3 Å². The van der Waals surface area contributed by atoms with Crippen molar-refractivity contribution in [2.75, 3.05) is 13.2 Å². The summed E-state index contributed by atoms with van der Waals surface area (Å²) in [5, 5.41) is 18.3. The highest BCUT2D eigenvalue weighted by molar-refractivity contribution is 5.89. The van der Waals surface area contributed by atoms with E-state index in [-0.39, 0.29) is 6.09 Å². The van der Waals surface area contributed by atoms with Crippen molar-refractivity contribution in [3.8, 4) is 0 Å². The Balaban J connectivity index is 0.000000609. The first-order chi connectivity index (χ1) is 12.0. The summed E-state index contributed by atoms with van der Waals surface area (Å²) in [4.78, 5) is 37.2. The Morgan fingerprint density at radius 1 is 1.24 bits per heavy atom. The normalized spacial score (nSPS) is 9.76. The van der Waals surface area contributed by atoms with E-state index in [4.69, 9.17) is 14.9 Å². The summed E-state index contributed by atoms with van der Waals surface area (Å²) < 4.78 is 5.01. The van der Waals surface area contributed by atoms with Gasteiger partial charge in [0.15, 0.2) is 0 Å². The summed E-state index contributed by atoms with van der Waals surface area (Å²) in [6.07, 6.45) is 9.44. The van der Waals surface area contributed by atoms with Gasteiger partial charge >= 0.3 is 18.0 Å². The van der Waals surface area contributed by atoms with Crippen LogP contribution in [0.5, 0.6) is 0 Å². The maximum Gasteiger partial charge on any atom is 0.407 e. The molecule has 9 heteroatoms. The molecular weight excluding hydrogens is 330 g/mol. The van der Waals surface area contributed by atoms with E-state index < -0.39 is 11.9 Å². The number of carboxylic acids is 2. The van der Waals surface area contributed by atoms with Crippen LogP contribution in [0.4, 0.5) is 4.79 Å². The molecule has 0 aliphatic heterocycles. The number of aryl methyl sites for hydroxylation is 1. The van der Waals surface area contributed by atoms with Gasteiger partial charge < -0.3 is 25.3 Å². The number of nitrogens with one attached hydrogen (secondary N) is 2. The molecule has 1 aromatic rings. The lowest BCUT2D eigenvalue weighted by Crippen LogP contribution is -2.25. The lowest BCUT2D eigenvalue weighted by Gasteiger charge is -2.05. The second-order valence-electron chi connectivity index (χ2n) is 4.68. The summed E-state index contributed by atoms with van der Waals surface area (Å²) in [6, 6.07) is 0. The highest BCUT2D eigenvalue weighted by Gasteiger charge is 2.00. The van der Waals surface area contributed by atoms with E-state index in [0.29, 0.717) is 25.3 Å². The van der Waals surface area contributed by atoms with Crippen molar-refractivity contribution < 1.29 is 29.3 Å². The van der Waals surface area contributed by atoms with Crippen LogP contribution in [0.25, 0.3) is 0 Å². The highest BCUT2D eigenvalue weighted by atomic mass is 16.5. The van der Waals surface area contributed by atoms with Gasteiger partial charge in [-0.25, -0.2) is 19.4 Å². The number of H-pyrrole nitrogens is 1. The molecule has 1 amide bonds. The van der Waals surface area contributed by atoms with Crippen molar-refractivity contribution >= 4 is 18.0 Å². The molecule has 1 aromatic heterocycles. The van der Waals surface area contributed by atoms with E-state index in [1.54, 1.807) is 12.5 Å². The molecule has 25 heavy (non-hydrogen) atoms. The number of ether oxygens (including phenoxy) is 1. The quantitative estimate of drug-likeness (QED) is 0.285. The van der Waals surface area contributed by atoms with Gasteiger partial charge in [0.25, 0.3) is 0 Å². The third-order valence-corrected chi connectivity index (χ3v) is 2.60. The number of carboxylic acid groups (broad SMARTS) is 2. The van der Waals surface area contributed by atoms with E-state index >= 15 is 0 Å². The number of allylic oxidation sites excluding steroid dienone is 1. The maximum absolute atomic E-state index is 11.2. The van der Waals surface area contributed by atoms with Crippen LogP contribution < -0.4 is 5.32 Å². The number of unbranched alkanes of at least 4 members (excludes halogenated alkanes) is 1. The first kappa shape index (κ1) is 21.9. The fourth-order valence-electron chi connectivity index (χ4n) is 1.48. The zero-order valence-corrected chi connectivity index (χ0v) is 13.8. The number of aliphatic carboxylic acids is 2. The molecule has 9 nitrogen and oxygen atoms in total. The summed E-state index contributed by atoms with van der Waals surface area (Å²) in [5.74, 6) is -2.51. The molecule has 0 atom stereocenters. The third kappa shape index (κ3) is 15.6. The van der Waals surface area contributed by atoms with Crippen LogP contribution in [-0.4, -0.2) is 51.4 Å². The molecule has 0 aromatic carbocycles. The van der Waals surface area contributed by atoms with Gasteiger partial charge in [0.1, 0.15) is 0 Å². The number of carbonyl (C=O) groups is 3. The number of hydrogen-bond acceptors (Lipinski definition) is 5. The van der Waals surface area contributed by atoms with Crippen LogP contribution in [0, 0.1) is 0 Å². The third-order valence-electron chi connectivity index (χ3n) is 2.60. The molecule has 0 spiro atoms. The van der Waals surface area contributed by atoms with E-state index in [9.17, 15) is 14.4 Å². The highest BCUT2D eigenvalue weighted by Crippen LogP contribution is 1.97. The van der Waals surface area contributed by atoms with E-state index in [2.05, 4.69) is 21.9 Å². The second-order valence-corrected chi connectivity index (χ2v) is 4.68. The van der Waals surface area contributed by atoms with Gasteiger partial charge in [-0.2, -0.15) is 0 Å². The number of alkyl carbamates (subject to hydrolysis) is 1. The largest absolute Gasteiger partial charge is 0.478 e. The molecule has 0 unspecified atom stereocenters. The molecule has 138 valence electrons. The van der Waals surface area contributed by atoms with Crippen LogP contribution in [-0.2, 0) is 20.7 Å². The molecule has 0 bridgehead atoms. The smallest absolute Gasteiger partial charge is 0.407 e. The molecule has 0 radical (unpaired) electrons. The van der Waals surface area contributed by atoms with Crippen molar-refractivity contribution in [3.05, 3.63) is 43.0 Å². The molecule has 0 aliphatic rings. The van der Waals surface area contributed by atoms with Crippen molar-refractivity contribution in [2.45, 2.75) is 25.7 Å². The standard InChI is InChI=1S/C12H19N3O2.C4H4O4/c1-2-3-4-7-14-12(16)17-8-5-6-11-9-13-10-15-11;5-3(6)1-2-4(7)8/h2,9-10H,1,3-8H2,(H,13,15)(H,14,16);1-2H,(H,5,6)(H,7,8)/b;2-1-. The Morgan fingerprint density at radius 3 is 2.44 bits per heavy atom. The average Bonchev–Trinajstić information content (AvgIpc) is 3.08. The molecule has 0 saturated carbocycles. The number of rotatable bonds is 10. The lowest BCUT2D eigenvalue weighted by molar-refractivity contribution is -0.134. The van der Waals surface area contributed by atoms with E-state index in [0.717, 1.165) is 31.4 Å². The van der Waals surface area contributed by atoms with Gasteiger partial charge in [-0.3, -0.25) is 0 Å². The van der Waals surface area contributed by atoms with Gasteiger partial charge in [-0.15, -0.1) is 6.58 Å². The van der Waals surface area contributed by atoms with Crippen molar-refractivity contribution in [1.82, 2.24) is 15.3 Å². The summed E-state index contributed by atoms with van der Waals surface area (Å²) in [5.41, 5.74) is 1.06. The predicted molar refractivity (Wildman–Crippen MR) is 90.1 cm³/mol. The average molecular weight is 353 g/mol. The number of aromatic nitrogens is 2. The van der Waals surface area contributed by atoms with E-state index in [1.165, 1.54) is 0 Å². The van der Waals surface area contributed by atoms with Gasteiger partial charge in [-0.1, -0.05) is 6.08 Å². The molecule has 0 fully saturated rings. The maximum atomic E-state index is 11.2. The second kappa shape index (κ2) is 14.5. The van der Waals surface area contributed by atoms with Crippen molar-refractivity contribution in [2.24, 2.45) is 0 Å². The number of imidazole rings is 1. The van der Waals surface area contributed by atoms with Crippen molar-refractivity contribution in [3.63, 3.8) is 0 Å². The Hall–Kier alpha value is -3.10. The first-order valence-corrected chi connectivity index (χ1v) is 7.58. The van der Waals surface area contributed by atoms with Crippen LogP contribution >= 0.6 is 0 Å². The van der Waals surface area contributed by atoms with Crippen LogP contribution in [0.1, 0.15) is 25.0 Å². The fourth-order valence-corrected chi connectivity index (χ4v) is 1.48. The summed E-state index contributed by atoms with van der Waals surface area (Å²) in [7, 11) is 0. The topological polar surface area (TPSA) is 142 Å². The summed E-state index contributed by atoms with van der Waals surface area (Å²) in [6.45, 7) is 4.66. The zero-order valence-electron chi connectivity index (χ0n) is 13.8. The lowest BCUT2D eigenvalue weighted by atomic mass is 10.3. The molecular formula is C16H23N3O6. The van der Waals surface area contributed by atoms with Gasteiger partial charge in [0, 0.05) is 30.6 Å². The predicted octanol–water partition coefficient (Wildman–Crippen LogP) is 1.75. The minimum absolute atomic E-state index is 0.348. The van der Waals surface area contributed by atoms with Gasteiger partial charge in [-0.05, 0) is 25.7 Å². The van der Waals surface area contributed by atoms with Gasteiger partial charge in [0.2, 0.25) is 0 Å². The Kier molecular flexibility index (Phi) is 12.7. The molecule has 4 N–H and O–H groups in total. The van der Waals surface area contributed by atoms with Gasteiger partial charge in [0.05, 0.1) is 12.9 Å². The zero-order chi connectivity index (χ0) is 18.9. The monoisotopic (exact) mass is 353 g/mol. The minimum atomic E-state index is -1.26. The number of nitrogens with zero attached hydrogens (tertiary/aromatic N) is 1. The first-order valence-electron chi connectivity index (χ1n) is 7.58. The number of amides is 1. The Morgan fingerprint density at radius 2 is 1.92 bits per heavy atom. The fraction of sp³-hybridized carbons (Fsp3) is 0.375. The number of carbonyl (C=O) groups excluding carboxylic acids is 1.